The summed E-state index contributed by atoms with van der Waals surface area (Å²) in [5.41, 5.74) is 10.8. The minimum absolute atomic E-state index is 0.123. The number of rotatable bonds is 4. The van der Waals surface area contributed by atoms with Gasteiger partial charge in [-0.15, -0.1) is 11.3 Å². The highest BCUT2D eigenvalue weighted by atomic mass is 32.1. The first kappa shape index (κ1) is 23.9. The molecule has 0 saturated carbocycles. The van der Waals surface area contributed by atoms with Crippen LogP contribution in [0.5, 0.6) is 0 Å². The van der Waals surface area contributed by atoms with Crippen LogP contribution in [-0.2, 0) is 14.2 Å². The molecule has 2 aliphatic heterocycles. The summed E-state index contributed by atoms with van der Waals surface area (Å²) in [4.78, 5) is 11.7. The lowest BCUT2D eigenvalue weighted by atomic mass is 9.91. The number of aliphatic hydroxyl groups is 1. The molecule has 6 atom stereocenters. The third kappa shape index (κ3) is 4.15. The van der Waals surface area contributed by atoms with Gasteiger partial charge in [-0.3, -0.25) is 0 Å². The quantitative estimate of drug-likeness (QED) is 0.240. The molecule has 2 aromatic carbocycles. The Morgan fingerprint density at radius 2 is 1.97 bits per heavy atom. The fraction of sp³-hybridized carbons (Fsp3) is 0.375. The molecule has 13 heteroatoms. The second-order valence-electron chi connectivity index (χ2n) is 8.87. The summed E-state index contributed by atoms with van der Waals surface area (Å²) < 4.78 is 35.5. The van der Waals surface area contributed by atoms with Crippen molar-refractivity contribution in [3.63, 3.8) is 0 Å². The van der Waals surface area contributed by atoms with E-state index in [4.69, 9.17) is 14.2 Å². The third-order valence-electron chi connectivity index (χ3n) is 6.44. The van der Waals surface area contributed by atoms with Gasteiger partial charge in [0.1, 0.15) is 29.8 Å². The first-order valence-electron chi connectivity index (χ1n) is 11.6. The lowest BCUT2D eigenvalue weighted by Crippen LogP contribution is -2.58. The maximum absolute atomic E-state index is 15.6. The molecule has 3 unspecified atom stereocenters. The van der Waals surface area contributed by atoms with E-state index in [9.17, 15) is 10.6 Å². The highest BCUT2D eigenvalue weighted by Crippen LogP contribution is 2.40. The first-order valence-corrected chi connectivity index (χ1v) is 12.5. The molecule has 0 amide bonds. The maximum atomic E-state index is 15.6. The van der Waals surface area contributed by atoms with E-state index in [0.717, 1.165) is 10.6 Å². The summed E-state index contributed by atoms with van der Waals surface area (Å²) in [5, 5.41) is 20.3. The van der Waals surface area contributed by atoms with Gasteiger partial charge in [0.15, 0.2) is 17.9 Å². The Bertz CT molecular complexity index is 1510. The molecule has 2 fully saturated rings. The molecule has 2 saturated heterocycles. The molecule has 11 nitrogen and oxygen atoms in total. The Kier molecular flexibility index (Phi) is 6.11. The molecule has 2 aromatic heterocycles. The van der Waals surface area contributed by atoms with Crippen LogP contribution in [0.15, 0.2) is 47.6 Å². The zero-order chi connectivity index (χ0) is 25.7. The van der Waals surface area contributed by atoms with Gasteiger partial charge < -0.3 is 19.3 Å². The molecule has 4 aromatic rings. The largest absolute Gasteiger partial charge is 0.389 e. The molecule has 6 rings (SSSR count). The van der Waals surface area contributed by atoms with Gasteiger partial charge in [-0.25, -0.2) is 19.0 Å². The Morgan fingerprint density at radius 1 is 1.16 bits per heavy atom. The van der Waals surface area contributed by atoms with E-state index < -0.39 is 42.6 Å². The van der Waals surface area contributed by atoms with Crippen LogP contribution in [0, 0.1) is 19.7 Å². The zero-order valence-corrected chi connectivity index (χ0v) is 20.6. The van der Waals surface area contributed by atoms with Crippen molar-refractivity contribution >= 4 is 21.6 Å². The number of benzene rings is 2. The number of fused-ring (bicyclic) bond motifs is 2. The second-order valence-corrected chi connectivity index (χ2v) is 10.1. The lowest BCUT2D eigenvalue weighted by Gasteiger charge is -2.46. The van der Waals surface area contributed by atoms with Crippen molar-refractivity contribution in [2.45, 2.75) is 50.6 Å². The van der Waals surface area contributed by atoms with E-state index in [-0.39, 0.29) is 18.1 Å². The predicted octanol–water partition coefficient (Wildman–Crippen LogP) is 4.23. The number of aliphatic hydroxyl groups excluding tert-OH is 1. The van der Waals surface area contributed by atoms with Crippen LogP contribution >= 0.6 is 11.3 Å². The lowest BCUT2D eigenvalue weighted by molar-refractivity contribution is -0.309. The van der Waals surface area contributed by atoms with Crippen molar-refractivity contribution in [1.82, 2.24) is 19.7 Å². The van der Waals surface area contributed by atoms with Crippen molar-refractivity contribution < 1.29 is 23.7 Å². The minimum Gasteiger partial charge on any atom is -0.389 e. The molecule has 0 radical (unpaired) electrons. The summed E-state index contributed by atoms with van der Waals surface area (Å²) in [5.74, 6) is 0.0267. The van der Waals surface area contributed by atoms with E-state index in [1.165, 1.54) is 16.0 Å². The number of aryl methyl sites for hydroxylation is 2. The predicted molar refractivity (Wildman–Crippen MR) is 131 cm³/mol. The standard InChI is InChI=1S/C24H22FN7O4S/c1-11-27-23(32(30-11)15-9-8-14-22(17(15)25)37-12(2)28-14)21-19(33)18(29-31-26)20-16(35-21)10-34-24(36-20)13-6-4-3-5-7-13/h3-9,16,18-21,24,33H,10H2,1-2H3/t16?,18-,19?,20+,21-,24?/m1/s1. The third-order valence-corrected chi connectivity index (χ3v) is 7.42. The molecule has 0 spiro atoms. The smallest absolute Gasteiger partial charge is 0.184 e. The fourth-order valence-corrected chi connectivity index (χ4v) is 5.67. The van der Waals surface area contributed by atoms with Crippen LogP contribution < -0.4 is 0 Å². The maximum Gasteiger partial charge on any atom is 0.184 e. The number of ether oxygens (including phenoxy) is 3. The molecule has 2 aliphatic rings. The summed E-state index contributed by atoms with van der Waals surface area (Å²) in [7, 11) is 0. The van der Waals surface area contributed by atoms with Crippen LogP contribution in [-0.4, -0.2) is 55.8 Å². The minimum atomic E-state index is -1.34. The summed E-state index contributed by atoms with van der Waals surface area (Å²) >= 11 is 1.24. The van der Waals surface area contributed by atoms with Crippen molar-refractivity contribution in [2.75, 3.05) is 6.61 Å². The summed E-state index contributed by atoms with van der Waals surface area (Å²) in [6, 6.07) is 11.6. The highest BCUT2D eigenvalue weighted by Gasteiger charge is 2.51. The molecular formula is C24H22FN7O4S. The SMILES string of the molecule is Cc1nc([C@@H]2OC3COC(c4ccccc4)O[C@@H]3[C@H](N=[N+]=[N-])C2O)n(-c2ccc3nc(C)sc3c2F)n1. The normalized spacial score (nSPS) is 27.6. The average Bonchev–Trinajstić information content (AvgIpc) is 3.48. The van der Waals surface area contributed by atoms with Crippen molar-refractivity contribution in [2.24, 2.45) is 5.11 Å². The summed E-state index contributed by atoms with van der Waals surface area (Å²) in [6.45, 7) is 3.59. The van der Waals surface area contributed by atoms with Gasteiger partial charge in [0.25, 0.3) is 0 Å². The summed E-state index contributed by atoms with van der Waals surface area (Å²) in [6.07, 6.45) is -4.58. The zero-order valence-electron chi connectivity index (χ0n) is 19.8. The number of hydrogen-bond donors (Lipinski definition) is 1. The topological polar surface area (TPSA) is 140 Å². The monoisotopic (exact) mass is 523 g/mol. The van der Waals surface area contributed by atoms with E-state index in [1.807, 2.05) is 37.3 Å². The number of halogens is 1. The molecule has 37 heavy (non-hydrogen) atoms. The van der Waals surface area contributed by atoms with Gasteiger partial charge in [0, 0.05) is 10.5 Å². The van der Waals surface area contributed by atoms with Gasteiger partial charge in [0.05, 0.1) is 34.0 Å². The number of hydrogen-bond acceptors (Lipinski definition) is 9. The van der Waals surface area contributed by atoms with Gasteiger partial charge >= 0.3 is 0 Å². The Balaban J connectivity index is 1.36. The number of aromatic nitrogens is 4. The Hall–Kier alpha value is -3.45. The van der Waals surface area contributed by atoms with Crippen LogP contribution in [0.2, 0.25) is 0 Å². The number of azide groups is 1. The molecule has 4 heterocycles. The van der Waals surface area contributed by atoms with Crippen LogP contribution in [0.4, 0.5) is 4.39 Å². The number of nitrogens with zero attached hydrogens (tertiary/aromatic N) is 7. The molecular weight excluding hydrogens is 501 g/mol. The highest BCUT2D eigenvalue weighted by molar-refractivity contribution is 7.18. The van der Waals surface area contributed by atoms with Gasteiger partial charge in [-0.05, 0) is 31.5 Å². The van der Waals surface area contributed by atoms with E-state index in [1.54, 1.807) is 19.1 Å². The van der Waals surface area contributed by atoms with Crippen molar-refractivity contribution in [3.8, 4) is 5.69 Å². The van der Waals surface area contributed by atoms with Gasteiger partial charge in [0.2, 0.25) is 0 Å². The van der Waals surface area contributed by atoms with Crippen LogP contribution in [0.3, 0.4) is 0 Å². The molecule has 190 valence electrons. The molecule has 0 aliphatic carbocycles. The Labute approximate surface area is 214 Å². The average molecular weight is 524 g/mol. The van der Waals surface area contributed by atoms with E-state index in [0.29, 0.717) is 16.0 Å². The van der Waals surface area contributed by atoms with E-state index >= 15 is 4.39 Å². The van der Waals surface area contributed by atoms with E-state index in [2.05, 4.69) is 25.1 Å². The van der Waals surface area contributed by atoms with Crippen LogP contribution in [0.25, 0.3) is 26.3 Å². The van der Waals surface area contributed by atoms with Gasteiger partial charge in [-0.2, -0.15) is 5.10 Å². The first-order chi connectivity index (χ1) is 17.9. The number of thiazole rings is 1. The molecule has 1 N–H and O–H groups in total. The van der Waals surface area contributed by atoms with Gasteiger partial charge in [-0.1, -0.05) is 35.4 Å². The van der Waals surface area contributed by atoms with Crippen LogP contribution in [0.1, 0.15) is 34.6 Å². The Morgan fingerprint density at radius 3 is 2.76 bits per heavy atom. The van der Waals surface area contributed by atoms with Crippen molar-refractivity contribution in [3.05, 3.63) is 80.9 Å². The fourth-order valence-electron chi connectivity index (χ4n) is 4.82. The molecule has 0 bridgehead atoms. The second kappa shape index (κ2) is 9.45. The van der Waals surface area contributed by atoms with Crippen molar-refractivity contribution in [1.29, 1.82) is 0 Å².